The maximum absolute atomic E-state index is 13.3. The number of carbonyl (C=O) groups excluding carboxylic acids is 3. The molecule has 3 heterocycles. The third-order valence-electron chi connectivity index (χ3n) is 6.00. The minimum Gasteiger partial charge on any atom is -0.458 e. The lowest BCUT2D eigenvalue weighted by molar-refractivity contribution is -0.149. The molecule has 9 nitrogen and oxygen atoms in total. The van der Waals surface area contributed by atoms with Gasteiger partial charge in [0.1, 0.15) is 24.3 Å². The van der Waals surface area contributed by atoms with Crippen molar-refractivity contribution in [3.8, 4) is 0 Å². The lowest BCUT2D eigenvalue weighted by Gasteiger charge is -2.33. The number of carbonyl (C=O) groups is 3. The Morgan fingerprint density at radius 1 is 1.18 bits per heavy atom. The van der Waals surface area contributed by atoms with Crippen LogP contribution in [0.3, 0.4) is 0 Å². The van der Waals surface area contributed by atoms with E-state index in [-0.39, 0.29) is 17.9 Å². The van der Waals surface area contributed by atoms with Crippen molar-refractivity contribution in [3.63, 3.8) is 0 Å². The Kier molecular flexibility index (Phi) is 5.13. The van der Waals surface area contributed by atoms with Gasteiger partial charge in [0.2, 0.25) is 0 Å². The number of hydrogen-bond acceptors (Lipinski definition) is 6. The van der Waals surface area contributed by atoms with Crippen LogP contribution in [-0.4, -0.2) is 38.7 Å². The first-order chi connectivity index (χ1) is 15.9. The molecule has 0 saturated carbocycles. The summed E-state index contributed by atoms with van der Waals surface area (Å²) < 4.78 is 6.49. The monoisotopic (exact) mass is 466 g/mol. The number of fused-ring (bicyclic) bond motifs is 3. The standard InChI is InChI=1S/C23H19ClN4O5/c24-15-7-8-18-25-16(10-19(29)27(18)11-15)13-33-20(30)12-28-21(31)23(26-22(28)32)9-3-5-14-4-1-2-6-17(14)23/h1-2,4,6-8,10-11H,3,5,9,12-13H2,(H,26,32)/t23-/m0/s1. The molecule has 1 aliphatic carbocycles. The Balaban J connectivity index is 1.30. The number of imide groups is 1. The van der Waals surface area contributed by atoms with E-state index in [9.17, 15) is 19.2 Å². The number of hydrogen-bond donors (Lipinski definition) is 1. The molecule has 2 aromatic heterocycles. The summed E-state index contributed by atoms with van der Waals surface area (Å²) in [5.74, 6) is -1.24. The fourth-order valence-corrected chi connectivity index (χ4v) is 4.64. The van der Waals surface area contributed by atoms with E-state index in [1.165, 1.54) is 16.7 Å². The number of pyridine rings is 1. The first-order valence-electron chi connectivity index (χ1n) is 10.4. The van der Waals surface area contributed by atoms with Gasteiger partial charge in [0.25, 0.3) is 11.5 Å². The number of rotatable bonds is 4. The molecule has 33 heavy (non-hydrogen) atoms. The van der Waals surface area contributed by atoms with Crippen LogP contribution < -0.4 is 10.9 Å². The minimum atomic E-state index is -1.15. The molecule has 0 unspecified atom stereocenters. The van der Waals surface area contributed by atoms with Crippen LogP contribution in [0.5, 0.6) is 0 Å². The Labute approximate surface area is 192 Å². The zero-order valence-electron chi connectivity index (χ0n) is 17.4. The van der Waals surface area contributed by atoms with Crippen LogP contribution in [0.1, 0.15) is 29.7 Å². The lowest BCUT2D eigenvalue weighted by atomic mass is 9.76. The molecule has 0 bridgehead atoms. The maximum atomic E-state index is 13.3. The van der Waals surface area contributed by atoms with Crippen LogP contribution in [0, 0.1) is 0 Å². The van der Waals surface area contributed by atoms with Crippen LogP contribution in [0.25, 0.3) is 5.65 Å². The fraction of sp³-hybridized carbons (Fsp3) is 0.261. The molecule has 3 aromatic rings. The Morgan fingerprint density at radius 3 is 2.85 bits per heavy atom. The summed E-state index contributed by atoms with van der Waals surface area (Å²) in [6.07, 6.45) is 3.48. The number of benzene rings is 1. The van der Waals surface area contributed by atoms with E-state index in [2.05, 4.69) is 10.3 Å². The summed E-state index contributed by atoms with van der Waals surface area (Å²) in [5.41, 5.74) is 0.849. The number of nitrogens with one attached hydrogen (secondary N) is 1. The summed E-state index contributed by atoms with van der Waals surface area (Å²) in [6, 6.07) is 11.3. The highest BCUT2D eigenvalue weighted by atomic mass is 35.5. The topological polar surface area (TPSA) is 110 Å². The second-order valence-corrected chi connectivity index (χ2v) is 8.50. The van der Waals surface area contributed by atoms with E-state index in [1.807, 2.05) is 24.3 Å². The van der Waals surface area contributed by atoms with Gasteiger partial charge in [-0.3, -0.25) is 23.7 Å². The number of aromatic nitrogens is 2. The van der Waals surface area contributed by atoms with Crippen molar-refractivity contribution in [3.05, 3.63) is 80.9 Å². The highest BCUT2D eigenvalue weighted by molar-refractivity contribution is 6.30. The molecule has 1 fully saturated rings. The summed E-state index contributed by atoms with van der Waals surface area (Å²) >= 11 is 5.90. The smallest absolute Gasteiger partial charge is 0.326 e. The molecule has 3 amide bonds. The molecule has 1 aliphatic heterocycles. The van der Waals surface area contributed by atoms with E-state index < -0.39 is 30.0 Å². The molecular formula is C23H19ClN4O5. The van der Waals surface area contributed by atoms with Crippen LogP contribution in [-0.2, 0) is 32.9 Å². The fourth-order valence-electron chi connectivity index (χ4n) is 4.48. The van der Waals surface area contributed by atoms with E-state index in [0.717, 1.165) is 28.9 Å². The molecule has 1 atom stereocenters. The van der Waals surface area contributed by atoms with Crippen molar-refractivity contribution in [2.45, 2.75) is 31.4 Å². The molecule has 1 saturated heterocycles. The number of amides is 3. The Hall–Kier alpha value is -3.72. The number of esters is 1. The van der Waals surface area contributed by atoms with Gasteiger partial charge in [-0.15, -0.1) is 0 Å². The second kappa shape index (κ2) is 8.00. The third-order valence-corrected chi connectivity index (χ3v) is 6.22. The largest absolute Gasteiger partial charge is 0.458 e. The van der Waals surface area contributed by atoms with E-state index in [1.54, 1.807) is 12.1 Å². The van der Waals surface area contributed by atoms with Crippen LogP contribution in [0.15, 0.2) is 53.5 Å². The summed E-state index contributed by atoms with van der Waals surface area (Å²) in [6.45, 7) is -0.804. The van der Waals surface area contributed by atoms with Crippen molar-refractivity contribution in [1.29, 1.82) is 0 Å². The quantitative estimate of drug-likeness (QED) is 0.466. The van der Waals surface area contributed by atoms with Gasteiger partial charge in [0.05, 0.1) is 10.7 Å². The number of urea groups is 1. The number of ether oxygens (including phenoxy) is 1. The van der Waals surface area contributed by atoms with Gasteiger partial charge >= 0.3 is 12.0 Å². The SMILES string of the molecule is O=C(CN1C(=O)N[C@]2(CCCc3ccccc32)C1=O)OCc1cc(=O)n2cc(Cl)ccc2n1. The van der Waals surface area contributed by atoms with E-state index >= 15 is 0 Å². The van der Waals surface area contributed by atoms with Gasteiger partial charge in [-0.05, 0) is 42.5 Å². The molecule has 1 aromatic carbocycles. The van der Waals surface area contributed by atoms with Gasteiger partial charge in [-0.1, -0.05) is 35.9 Å². The van der Waals surface area contributed by atoms with Gasteiger partial charge in [0, 0.05) is 12.3 Å². The highest BCUT2D eigenvalue weighted by Crippen LogP contribution is 2.39. The van der Waals surface area contributed by atoms with Gasteiger partial charge < -0.3 is 10.1 Å². The predicted octanol–water partition coefficient (Wildman–Crippen LogP) is 2.17. The van der Waals surface area contributed by atoms with Crippen molar-refractivity contribution >= 4 is 35.2 Å². The summed E-state index contributed by atoms with van der Waals surface area (Å²) in [5, 5.41) is 3.19. The predicted molar refractivity (Wildman–Crippen MR) is 118 cm³/mol. The third kappa shape index (κ3) is 3.64. The van der Waals surface area contributed by atoms with Crippen molar-refractivity contribution < 1.29 is 19.1 Å². The summed E-state index contributed by atoms with van der Waals surface area (Å²) in [7, 11) is 0. The van der Waals surface area contributed by atoms with Crippen molar-refractivity contribution in [1.82, 2.24) is 19.6 Å². The molecule has 2 aliphatic rings. The average molecular weight is 467 g/mol. The zero-order chi connectivity index (χ0) is 23.2. The first kappa shape index (κ1) is 21.1. The van der Waals surface area contributed by atoms with Crippen LogP contribution >= 0.6 is 11.6 Å². The van der Waals surface area contributed by atoms with E-state index in [0.29, 0.717) is 17.1 Å². The molecule has 5 rings (SSSR count). The number of halogens is 1. The lowest BCUT2D eigenvalue weighted by Crippen LogP contribution is -2.46. The molecule has 1 spiro atoms. The van der Waals surface area contributed by atoms with Crippen LogP contribution in [0.2, 0.25) is 5.02 Å². The molecule has 1 N–H and O–H groups in total. The van der Waals surface area contributed by atoms with Crippen LogP contribution in [0.4, 0.5) is 4.79 Å². The maximum Gasteiger partial charge on any atom is 0.326 e. The normalized spacial score (nSPS) is 19.6. The average Bonchev–Trinajstić information content (AvgIpc) is 3.03. The van der Waals surface area contributed by atoms with Gasteiger partial charge in [0.15, 0.2) is 0 Å². The Bertz CT molecular complexity index is 1370. The van der Waals surface area contributed by atoms with Crippen molar-refractivity contribution in [2.75, 3.05) is 6.54 Å². The van der Waals surface area contributed by atoms with Gasteiger partial charge in [-0.25, -0.2) is 9.78 Å². The van der Waals surface area contributed by atoms with Crippen molar-refractivity contribution in [2.24, 2.45) is 0 Å². The molecular weight excluding hydrogens is 448 g/mol. The number of nitrogens with zero attached hydrogens (tertiary/aromatic N) is 3. The van der Waals surface area contributed by atoms with E-state index in [4.69, 9.17) is 16.3 Å². The summed E-state index contributed by atoms with van der Waals surface area (Å²) in [4.78, 5) is 55.7. The highest BCUT2D eigenvalue weighted by Gasteiger charge is 2.54. The molecule has 168 valence electrons. The number of aryl methyl sites for hydroxylation is 1. The zero-order valence-corrected chi connectivity index (χ0v) is 18.2. The minimum absolute atomic E-state index is 0.241. The molecule has 10 heteroatoms. The molecule has 0 radical (unpaired) electrons. The Morgan fingerprint density at radius 2 is 2.00 bits per heavy atom. The van der Waals surface area contributed by atoms with Gasteiger partial charge in [-0.2, -0.15) is 0 Å². The second-order valence-electron chi connectivity index (χ2n) is 8.06. The first-order valence-corrected chi connectivity index (χ1v) is 10.8.